The second-order valence-electron chi connectivity index (χ2n) is 7.77. The first-order valence-electron chi connectivity index (χ1n) is 9.45. The lowest BCUT2D eigenvalue weighted by molar-refractivity contribution is 0.0748. The summed E-state index contributed by atoms with van der Waals surface area (Å²) in [5, 5.41) is 17.7. The van der Waals surface area contributed by atoms with E-state index in [1.807, 2.05) is 16.8 Å². The van der Waals surface area contributed by atoms with E-state index in [2.05, 4.69) is 29.5 Å². The van der Waals surface area contributed by atoms with Gasteiger partial charge in [0.2, 0.25) is 0 Å². The van der Waals surface area contributed by atoms with Crippen molar-refractivity contribution in [2.45, 2.75) is 57.1 Å². The first-order chi connectivity index (χ1) is 12.5. The highest BCUT2D eigenvalue weighted by molar-refractivity contribution is 5.98. The Bertz CT molecular complexity index is 795. The van der Waals surface area contributed by atoms with Gasteiger partial charge in [0.1, 0.15) is 5.56 Å². The van der Waals surface area contributed by atoms with Crippen LogP contribution in [-0.2, 0) is 0 Å². The maximum absolute atomic E-state index is 11.9. The Morgan fingerprint density at radius 3 is 2.58 bits per heavy atom. The van der Waals surface area contributed by atoms with Gasteiger partial charge in [0.15, 0.2) is 5.82 Å². The van der Waals surface area contributed by atoms with E-state index >= 15 is 0 Å². The number of hydrogen-bond donors (Lipinski definition) is 3. The summed E-state index contributed by atoms with van der Waals surface area (Å²) >= 11 is 0. The van der Waals surface area contributed by atoms with Crippen LogP contribution in [0.2, 0.25) is 0 Å². The average molecular weight is 354 g/mol. The second kappa shape index (κ2) is 6.76. The van der Waals surface area contributed by atoms with Gasteiger partial charge in [-0.3, -0.25) is 9.48 Å². The summed E-state index contributed by atoms with van der Waals surface area (Å²) < 4.78 is 1.84. The number of amides is 1. The van der Waals surface area contributed by atoms with Gasteiger partial charge in [0, 0.05) is 11.9 Å². The number of hydrogen-bond acceptors (Lipinski definition) is 4. The van der Waals surface area contributed by atoms with Crippen LogP contribution in [-0.4, -0.2) is 26.9 Å². The molecule has 0 spiro atoms. The summed E-state index contributed by atoms with van der Waals surface area (Å²) in [7, 11) is 0. The summed E-state index contributed by atoms with van der Waals surface area (Å²) in [5.74, 6) is 1.02. The Hall–Kier alpha value is -2.34. The molecule has 2 saturated carbocycles. The topological polar surface area (TPSA) is 93.2 Å². The van der Waals surface area contributed by atoms with Crippen LogP contribution < -0.4 is 11.1 Å². The van der Waals surface area contributed by atoms with Crippen molar-refractivity contribution in [3.8, 4) is 0 Å². The number of aromatic nitrogens is 2. The van der Waals surface area contributed by atoms with Gasteiger partial charge < -0.3 is 16.2 Å². The zero-order chi connectivity index (χ0) is 18.3. The molecule has 1 aromatic carbocycles. The monoisotopic (exact) mass is 354 g/mol. The molecule has 2 aliphatic rings. The number of carbonyl (C=O) groups excluding carboxylic acids is 1. The lowest BCUT2D eigenvalue weighted by Crippen LogP contribution is -2.28. The van der Waals surface area contributed by atoms with Crippen molar-refractivity contribution < 1.29 is 9.90 Å². The van der Waals surface area contributed by atoms with Crippen molar-refractivity contribution in [1.29, 1.82) is 0 Å². The smallest absolute Gasteiger partial charge is 0.254 e. The molecule has 3 unspecified atom stereocenters. The van der Waals surface area contributed by atoms with Crippen LogP contribution in [0.1, 0.15) is 66.9 Å². The molecule has 6 heteroatoms. The largest absolute Gasteiger partial charge is 0.393 e. The predicted octanol–water partition coefficient (Wildman–Crippen LogP) is 3.33. The number of aliphatic hydroxyl groups is 1. The van der Waals surface area contributed by atoms with Crippen LogP contribution >= 0.6 is 0 Å². The molecule has 0 saturated heterocycles. The third kappa shape index (κ3) is 3.46. The minimum Gasteiger partial charge on any atom is -0.393 e. The molecule has 4 N–H and O–H groups in total. The average Bonchev–Trinajstić information content (AvgIpc) is 3.36. The Morgan fingerprint density at radius 2 is 1.96 bits per heavy atom. The number of aliphatic hydroxyl groups excluding tert-OH is 1. The molecule has 2 fully saturated rings. The van der Waals surface area contributed by atoms with Gasteiger partial charge in [0.25, 0.3) is 5.91 Å². The van der Waals surface area contributed by atoms with Crippen LogP contribution in [0.3, 0.4) is 0 Å². The molecule has 0 bridgehead atoms. The lowest BCUT2D eigenvalue weighted by atomic mass is 9.84. The molecule has 3 atom stereocenters. The van der Waals surface area contributed by atoms with Crippen molar-refractivity contribution in [1.82, 2.24) is 9.78 Å². The van der Waals surface area contributed by atoms with Gasteiger partial charge >= 0.3 is 0 Å². The summed E-state index contributed by atoms with van der Waals surface area (Å²) in [4.78, 5) is 11.9. The van der Waals surface area contributed by atoms with Crippen LogP contribution in [0, 0.1) is 5.92 Å². The normalized spacial score (nSPS) is 25.8. The van der Waals surface area contributed by atoms with Gasteiger partial charge in [-0.15, -0.1) is 0 Å². The third-order valence-electron chi connectivity index (χ3n) is 5.66. The fourth-order valence-electron chi connectivity index (χ4n) is 3.97. The number of primary amides is 1. The highest BCUT2D eigenvalue weighted by atomic mass is 16.3. The molecule has 26 heavy (non-hydrogen) atoms. The number of benzene rings is 1. The van der Waals surface area contributed by atoms with Gasteiger partial charge in [-0.2, -0.15) is 5.10 Å². The Labute approximate surface area is 153 Å². The maximum atomic E-state index is 11.9. The van der Waals surface area contributed by atoms with E-state index in [0.29, 0.717) is 23.2 Å². The van der Waals surface area contributed by atoms with Gasteiger partial charge in [-0.25, -0.2) is 0 Å². The van der Waals surface area contributed by atoms with Crippen LogP contribution in [0.15, 0.2) is 30.5 Å². The molecule has 1 aromatic heterocycles. The maximum Gasteiger partial charge on any atom is 0.254 e. The van der Waals surface area contributed by atoms with Gasteiger partial charge in [-0.1, -0.05) is 19.1 Å². The van der Waals surface area contributed by atoms with Crippen molar-refractivity contribution in [2.24, 2.45) is 11.7 Å². The van der Waals surface area contributed by atoms with Crippen molar-refractivity contribution in [3.05, 3.63) is 41.6 Å². The number of nitrogens with zero attached hydrogens (tertiary/aromatic N) is 2. The van der Waals surface area contributed by atoms with Crippen molar-refractivity contribution >= 4 is 17.4 Å². The fraction of sp³-hybridized carbons (Fsp3) is 0.500. The molecule has 4 rings (SSSR count). The van der Waals surface area contributed by atoms with Gasteiger partial charge in [0.05, 0.1) is 12.1 Å². The summed E-state index contributed by atoms with van der Waals surface area (Å²) in [5.41, 5.74) is 8.23. The zero-order valence-corrected chi connectivity index (χ0v) is 15.1. The Kier molecular flexibility index (Phi) is 4.44. The minimum atomic E-state index is -0.489. The molecular formula is C20H26N4O2. The van der Waals surface area contributed by atoms with E-state index in [1.165, 1.54) is 18.4 Å². The van der Waals surface area contributed by atoms with Gasteiger partial charge in [-0.05, 0) is 61.6 Å². The van der Waals surface area contributed by atoms with Crippen molar-refractivity contribution in [3.63, 3.8) is 0 Å². The predicted molar refractivity (Wildman–Crippen MR) is 101 cm³/mol. The van der Waals surface area contributed by atoms with E-state index < -0.39 is 5.91 Å². The minimum absolute atomic E-state index is 0.171. The third-order valence-corrected chi connectivity index (χ3v) is 5.66. The molecular weight excluding hydrogens is 328 g/mol. The van der Waals surface area contributed by atoms with E-state index in [-0.39, 0.29) is 12.1 Å². The van der Waals surface area contributed by atoms with E-state index in [4.69, 9.17) is 5.73 Å². The lowest BCUT2D eigenvalue weighted by Gasteiger charge is -2.31. The quantitative estimate of drug-likeness (QED) is 0.768. The van der Waals surface area contributed by atoms with Crippen LogP contribution in [0.5, 0.6) is 0 Å². The Balaban J connectivity index is 1.56. The number of nitrogens with one attached hydrogen (secondary N) is 1. The first-order valence-corrected chi connectivity index (χ1v) is 9.45. The number of anilines is 2. The van der Waals surface area contributed by atoms with E-state index in [0.717, 1.165) is 24.9 Å². The Morgan fingerprint density at radius 1 is 1.23 bits per heavy atom. The zero-order valence-electron chi connectivity index (χ0n) is 15.1. The molecule has 1 amide bonds. The molecule has 1 heterocycles. The summed E-state index contributed by atoms with van der Waals surface area (Å²) in [6, 6.07) is 8.48. The highest BCUT2D eigenvalue weighted by Gasteiger charge is 2.29. The molecule has 2 aromatic rings. The highest BCUT2D eigenvalue weighted by Crippen LogP contribution is 2.40. The first kappa shape index (κ1) is 17.1. The van der Waals surface area contributed by atoms with Crippen LogP contribution in [0.4, 0.5) is 11.5 Å². The SMILES string of the molecule is CC1CC(O)CCC1n1cc(C(N)=O)c(Nc2ccc(C3CC3)cc2)n1. The van der Waals surface area contributed by atoms with E-state index in [1.54, 1.807) is 6.20 Å². The standard InChI is InChI=1S/C20H26N4O2/c1-12-10-16(25)8-9-18(12)24-11-17(19(21)26)20(23-24)22-15-6-4-14(5-7-15)13-2-3-13/h4-7,11-13,16,18,25H,2-3,8-10H2,1H3,(H2,21,26)(H,22,23). The fourth-order valence-corrected chi connectivity index (χ4v) is 3.97. The number of carbonyl (C=O) groups is 1. The van der Waals surface area contributed by atoms with Crippen LogP contribution in [0.25, 0.3) is 0 Å². The molecule has 0 radical (unpaired) electrons. The summed E-state index contributed by atoms with van der Waals surface area (Å²) in [6.45, 7) is 2.11. The molecule has 6 nitrogen and oxygen atoms in total. The molecule has 0 aliphatic heterocycles. The number of nitrogens with two attached hydrogens (primary N) is 1. The van der Waals surface area contributed by atoms with Crippen molar-refractivity contribution in [2.75, 3.05) is 5.32 Å². The second-order valence-corrected chi connectivity index (χ2v) is 7.77. The van der Waals surface area contributed by atoms with E-state index in [9.17, 15) is 9.90 Å². The number of rotatable bonds is 5. The molecule has 138 valence electrons. The summed E-state index contributed by atoms with van der Waals surface area (Å²) in [6.07, 6.45) is 6.40. The molecule has 2 aliphatic carbocycles.